The average molecular weight is 280 g/mol. The van der Waals surface area contributed by atoms with Crippen LogP contribution in [0.2, 0.25) is 5.15 Å². The van der Waals surface area contributed by atoms with Crippen molar-refractivity contribution in [1.82, 2.24) is 9.97 Å². The third-order valence-electron chi connectivity index (χ3n) is 1.51. The first-order chi connectivity index (χ1) is 5.75. The number of fused-ring (bicyclic) bond motifs is 1. The highest BCUT2D eigenvalue weighted by atomic mass is 79.9. The molecule has 0 fully saturated rings. The monoisotopic (exact) mass is 278 g/mol. The molecule has 0 amide bonds. The number of aromatic nitrogens is 2. The summed E-state index contributed by atoms with van der Waals surface area (Å²) in [5.41, 5.74) is 0.851. The van der Waals surface area contributed by atoms with E-state index in [1.165, 1.54) is 0 Å². The molecule has 68 valence electrons. The predicted molar refractivity (Wildman–Crippen MR) is 59.5 cm³/mol. The highest BCUT2D eigenvalue weighted by Gasteiger charge is 1.97. The Morgan fingerprint density at radius 3 is 2.85 bits per heavy atom. The first kappa shape index (κ1) is 10.7. The van der Waals surface area contributed by atoms with E-state index in [1.54, 1.807) is 12.3 Å². The highest BCUT2D eigenvalue weighted by molar-refractivity contribution is 9.10. The smallest absolute Gasteiger partial charge is 0.129 e. The molecule has 0 aliphatic carbocycles. The van der Waals surface area contributed by atoms with Gasteiger partial charge in [0.1, 0.15) is 9.76 Å². The third kappa shape index (κ3) is 2.30. The maximum absolute atomic E-state index is 5.72. The Morgan fingerprint density at radius 1 is 1.31 bits per heavy atom. The van der Waals surface area contributed by atoms with Crippen LogP contribution in [0.15, 0.2) is 29.0 Å². The molecule has 0 aliphatic heterocycles. The second kappa shape index (κ2) is 4.22. The molecule has 0 aromatic carbocycles. The fraction of sp³-hybridized carbons (Fsp3) is 0. The summed E-state index contributed by atoms with van der Waals surface area (Å²) in [4.78, 5) is 8.20. The Balaban J connectivity index is 0.000000845. The lowest BCUT2D eigenvalue weighted by Crippen LogP contribution is -1.81. The van der Waals surface area contributed by atoms with E-state index in [0.717, 1.165) is 15.5 Å². The van der Waals surface area contributed by atoms with Crippen LogP contribution in [0.5, 0.6) is 0 Å². The highest BCUT2D eigenvalue weighted by Crippen LogP contribution is 2.17. The number of hydrogen-bond donors (Lipinski definition) is 0. The van der Waals surface area contributed by atoms with Crippen molar-refractivity contribution in [2.75, 3.05) is 0 Å². The molecular weight excluding hydrogens is 275 g/mol. The van der Waals surface area contributed by atoms with Gasteiger partial charge in [0, 0.05) is 11.6 Å². The summed E-state index contributed by atoms with van der Waals surface area (Å²) in [6, 6.07) is 5.48. The van der Waals surface area contributed by atoms with Gasteiger partial charge in [0.05, 0.1) is 5.52 Å². The largest absolute Gasteiger partial charge is 0.249 e. The van der Waals surface area contributed by atoms with Crippen LogP contribution in [0.3, 0.4) is 0 Å². The van der Waals surface area contributed by atoms with Crippen LogP contribution < -0.4 is 0 Å². The second-order valence-electron chi connectivity index (χ2n) is 2.33. The van der Waals surface area contributed by atoms with Gasteiger partial charge in [0.2, 0.25) is 0 Å². The van der Waals surface area contributed by atoms with Gasteiger partial charge in [-0.25, -0.2) is 9.97 Å². The van der Waals surface area contributed by atoms with Gasteiger partial charge < -0.3 is 0 Å². The first-order valence-corrected chi connectivity index (χ1v) is 4.50. The summed E-state index contributed by atoms with van der Waals surface area (Å²) >= 11 is 8.99. The summed E-state index contributed by atoms with van der Waals surface area (Å²) in [5.74, 6) is 0. The molecule has 0 atom stereocenters. The SMILES string of the molecule is Cl.Clc1ccc2cnc(Br)cc2n1. The molecular formula is C8H5BrCl2N2. The van der Waals surface area contributed by atoms with E-state index in [-0.39, 0.29) is 12.4 Å². The Labute approximate surface area is 94.9 Å². The maximum Gasteiger partial charge on any atom is 0.129 e. The quantitative estimate of drug-likeness (QED) is 0.690. The lowest BCUT2D eigenvalue weighted by atomic mass is 10.3. The Bertz CT molecular complexity index is 397. The molecule has 0 saturated heterocycles. The van der Waals surface area contributed by atoms with Gasteiger partial charge in [0.25, 0.3) is 0 Å². The van der Waals surface area contributed by atoms with Crippen LogP contribution in [-0.4, -0.2) is 9.97 Å². The lowest BCUT2D eigenvalue weighted by molar-refractivity contribution is 1.28. The van der Waals surface area contributed by atoms with E-state index in [1.807, 2.05) is 12.1 Å². The van der Waals surface area contributed by atoms with Gasteiger partial charge in [-0.2, -0.15) is 0 Å². The zero-order chi connectivity index (χ0) is 8.55. The van der Waals surface area contributed by atoms with E-state index in [0.29, 0.717) is 5.15 Å². The molecule has 2 aromatic rings. The average Bonchev–Trinajstić information content (AvgIpc) is 2.03. The number of halogens is 3. The summed E-state index contributed by atoms with van der Waals surface area (Å²) in [5, 5.41) is 1.49. The van der Waals surface area contributed by atoms with Gasteiger partial charge in [-0.1, -0.05) is 11.6 Å². The molecule has 2 aromatic heterocycles. The van der Waals surface area contributed by atoms with Crippen molar-refractivity contribution in [1.29, 1.82) is 0 Å². The van der Waals surface area contributed by atoms with Gasteiger partial charge in [-0.05, 0) is 34.1 Å². The molecule has 2 rings (SSSR count). The van der Waals surface area contributed by atoms with Crippen molar-refractivity contribution in [2.24, 2.45) is 0 Å². The van der Waals surface area contributed by atoms with Crippen molar-refractivity contribution in [3.8, 4) is 0 Å². The van der Waals surface area contributed by atoms with E-state index in [9.17, 15) is 0 Å². The van der Waals surface area contributed by atoms with Crippen LogP contribution in [-0.2, 0) is 0 Å². The molecule has 0 aliphatic rings. The number of nitrogens with zero attached hydrogens (tertiary/aromatic N) is 2. The van der Waals surface area contributed by atoms with E-state index < -0.39 is 0 Å². The topological polar surface area (TPSA) is 25.8 Å². The van der Waals surface area contributed by atoms with Crippen LogP contribution in [0.1, 0.15) is 0 Å². The second-order valence-corrected chi connectivity index (χ2v) is 3.53. The zero-order valence-electron chi connectivity index (χ0n) is 6.37. The van der Waals surface area contributed by atoms with Crippen molar-refractivity contribution in [2.45, 2.75) is 0 Å². The van der Waals surface area contributed by atoms with Crippen LogP contribution in [0, 0.1) is 0 Å². The number of hydrogen-bond acceptors (Lipinski definition) is 2. The number of rotatable bonds is 0. The molecule has 2 heterocycles. The minimum absolute atomic E-state index is 0. The lowest BCUT2D eigenvalue weighted by Gasteiger charge is -1.96. The Morgan fingerprint density at radius 2 is 2.08 bits per heavy atom. The predicted octanol–water partition coefficient (Wildman–Crippen LogP) is 3.47. The van der Waals surface area contributed by atoms with E-state index >= 15 is 0 Å². The van der Waals surface area contributed by atoms with Gasteiger partial charge >= 0.3 is 0 Å². The number of pyridine rings is 2. The maximum atomic E-state index is 5.72. The molecule has 0 spiro atoms. The molecule has 0 saturated carbocycles. The van der Waals surface area contributed by atoms with E-state index in [4.69, 9.17) is 11.6 Å². The van der Waals surface area contributed by atoms with Crippen molar-refractivity contribution >= 4 is 50.8 Å². The molecule has 13 heavy (non-hydrogen) atoms. The summed E-state index contributed by atoms with van der Waals surface area (Å²) in [7, 11) is 0. The van der Waals surface area contributed by atoms with Crippen molar-refractivity contribution in [3.63, 3.8) is 0 Å². The van der Waals surface area contributed by atoms with Gasteiger partial charge in [-0.15, -0.1) is 12.4 Å². The van der Waals surface area contributed by atoms with Gasteiger partial charge in [-0.3, -0.25) is 0 Å². The Hall–Kier alpha value is -0.380. The summed E-state index contributed by atoms with van der Waals surface area (Å²) in [6.07, 6.45) is 1.75. The fourth-order valence-electron chi connectivity index (χ4n) is 0.967. The van der Waals surface area contributed by atoms with Crippen LogP contribution in [0.4, 0.5) is 0 Å². The normalized spacial score (nSPS) is 9.69. The van der Waals surface area contributed by atoms with E-state index in [2.05, 4.69) is 25.9 Å². The third-order valence-corrected chi connectivity index (χ3v) is 2.15. The minimum Gasteiger partial charge on any atom is -0.249 e. The molecule has 0 radical (unpaired) electrons. The summed E-state index contributed by atoms with van der Waals surface area (Å²) < 4.78 is 0.768. The van der Waals surface area contributed by atoms with Crippen molar-refractivity contribution < 1.29 is 0 Å². The molecule has 0 bridgehead atoms. The standard InChI is InChI=1S/C8H4BrClN2.ClH/c9-7-3-6-5(4-11-7)1-2-8(10)12-6;/h1-4H;1H. The zero-order valence-corrected chi connectivity index (χ0v) is 9.53. The fourth-order valence-corrected chi connectivity index (χ4v) is 1.44. The van der Waals surface area contributed by atoms with Crippen LogP contribution in [0.25, 0.3) is 10.9 Å². The van der Waals surface area contributed by atoms with Gasteiger partial charge in [0.15, 0.2) is 0 Å². The van der Waals surface area contributed by atoms with Crippen LogP contribution >= 0.6 is 39.9 Å². The minimum atomic E-state index is 0. The molecule has 0 N–H and O–H groups in total. The summed E-state index contributed by atoms with van der Waals surface area (Å²) in [6.45, 7) is 0. The Kier molecular flexibility index (Phi) is 3.47. The van der Waals surface area contributed by atoms with Crippen molar-refractivity contribution in [3.05, 3.63) is 34.2 Å². The first-order valence-electron chi connectivity index (χ1n) is 3.33. The molecule has 0 unspecified atom stereocenters. The molecule has 5 heteroatoms. The molecule has 2 nitrogen and oxygen atoms in total.